The van der Waals surface area contributed by atoms with Crippen molar-refractivity contribution in [3.05, 3.63) is 32.8 Å². The number of hydrogen-bond acceptors (Lipinski definition) is 2. The summed E-state index contributed by atoms with van der Waals surface area (Å²) in [5.74, 6) is 0. The van der Waals surface area contributed by atoms with Crippen LogP contribution < -0.4 is 5.32 Å². The maximum atomic E-state index is 6.26. The molecular weight excluding hydrogens is 327 g/mol. The van der Waals surface area contributed by atoms with Gasteiger partial charge in [0.05, 0.1) is 15.1 Å². The molecule has 0 bridgehead atoms. The van der Waals surface area contributed by atoms with Crippen molar-refractivity contribution in [3.63, 3.8) is 0 Å². The van der Waals surface area contributed by atoms with E-state index in [0.29, 0.717) is 15.1 Å². The van der Waals surface area contributed by atoms with Crippen LogP contribution in [-0.4, -0.2) is 31.1 Å². The lowest BCUT2D eigenvalue weighted by molar-refractivity contribution is 0.225. The summed E-state index contributed by atoms with van der Waals surface area (Å²) in [5.41, 5.74) is 1.00. The highest BCUT2D eigenvalue weighted by atomic mass is 35.5. The molecule has 0 saturated carbocycles. The standard InChI is InChI=1S/C16H23Cl3N2/c1-12(13-6-7-14(17)16(19)15(13)18)20-8-5-11-21-9-3-2-4-10-21/h6-7,12,20H,2-5,8-11H2,1H3. The van der Waals surface area contributed by atoms with E-state index >= 15 is 0 Å². The van der Waals surface area contributed by atoms with E-state index in [9.17, 15) is 0 Å². The molecule has 118 valence electrons. The van der Waals surface area contributed by atoms with Crippen molar-refractivity contribution in [2.75, 3.05) is 26.2 Å². The fourth-order valence-electron chi connectivity index (χ4n) is 2.79. The first-order valence-electron chi connectivity index (χ1n) is 7.68. The molecule has 0 amide bonds. The van der Waals surface area contributed by atoms with Gasteiger partial charge in [-0.05, 0) is 64.0 Å². The number of rotatable bonds is 6. The van der Waals surface area contributed by atoms with E-state index in [2.05, 4.69) is 17.1 Å². The Kier molecular flexibility index (Phi) is 7.11. The molecule has 1 atom stereocenters. The number of likely N-dealkylation sites (tertiary alicyclic amines) is 1. The van der Waals surface area contributed by atoms with Gasteiger partial charge in [0.1, 0.15) is 0 Å². The normalized spacial score (nSPS) is 17.9. The Bertz CT molecular complexity index is 459. The molecule has 5 heteroatoms. The highest BCUT2D eigenvalue weighted by molar-refractivity contribution is 6.48. The van der Waals surface area contributed by atoms with Crippen molar-refractivity contribution in [3.8, 4) is 0 Å². The molecule has 0 spiro atoms. The topological polar surface area (TPSA) is 15.3 Å². The van der Waals surface area contributed by atoms with Crippen LogP contribution in [0.3, 0.4) is 0 Å². The van der Waals surface area contributed by atoms with E-state index in [0.717, 1.165) is 18.5 Å². The van der Waals surface area contributed by atoms with E-state index in [-0.39, 0.29) is 6.04 Å². The third kappa shape index (κ3) is 5.01. The molecule has 21 heavy (non-hydrogen) atoms. The first-order valence-corrected chi connectivity index (χ1v) is 8.82. The third-order valence-corrected chi connectivity index (χ3v) is 5.39. The molecule has 1 heterocycles. The molecule has 2 rings (SSSR count). The predicted molar refractivity (Wildman–Crippen MR) is 92.8 cm³/mol. The predicted octanol–water partition coefficient (Wildman–Crippen LogP) is 5.17. The van der Waals surface area contributed by atoms with Gasteiger partial charge in [0.15, 0.2) is 0 Å². The van der Waals surface area contributed by atoms with E-state index in [1.807, 2.05) is 6.07 Å². The largest absolute Gasteiger partial charge is 0.310 e. The van der Waals surface area contributed by atoms with Gasteiger partial charge in [-0.1, -0.05) is 47.3 Å². The highest BCUT2D eigenvalue weighted by Crippen LogP contribution is 2.35. The Labute approximate surface area is 142 Å². The van der Waals surface area contributed by atoms with Gasteiger partial charge in [-0.15, -0.1) is 0 Å². The fraction of sp³-hybridized carbons (Fsp3) is 0.625. The first-order chi connectivity index (χ1) is 10.1. The van der Waals surface area contributed by atoms with Gasteiger partial charge in [-0.3, -0.25) is 0 Å². The molecule has 1 fully saturated rings. The fourth-order valence-corrected chi connectivity index (χ4v) is 3.50. The quantitative estimate of drug-likeness (QED) is 0.563. The summed E-state index contributed by atoms with van der Waals surface area (Å²) < 4.78 is 0. The van der Waals surface area contributed by atoms with Gasteiger partial charge < -0.3 is 10.2 Å². The van der Waals surface area contributed by atoms with Crippen LogP contribution in [0.15, 0.2) is 12.1 Å². The zero-order chi connectivity index (χ0) is 15.2. The third-order valence-electron chi connectivity index (χ3n) is 4.08. The lowest BCUT2D eigenvalue weighted by Gasteiger charge is -2.26. The Balaban J connectivity index is 1.76. The Morgan fingerprint density at radius 1 is 1.10 bits per heavy atom. The minimum absolute atomic E-state index is 0.175. The Morgan fingerprint density at radius 3 is 2.52 bits per heavy atom. The summed E-state index contributed by atoms with van der Waals surface area (Å²) >= 11 is 18.3. The van der Waals surface area contributed by atoms with Gasteiger partial charge in [0.25, 0.3) is 0 Å². The highest BCUT2D eigenvalue weighted by Gasteiger charge is 2.14. The van der Waals surface area contributed by atoms with E-state index in [1.165, 1.54) is 38.9 Å². The molecule has 1 aromatic carbocycles. The molecule has 2 nitrogen and oxygen atoms in total. The molecule has 0 aliphatic carbocycles. The second-order valence-corrected chi connectivity index (χ2v) is 6.86. The minimum atomic E-state index is 0.175. The van der Waals surface area contributed by atoms with Crippen molar-refractivity contribution in [1.29, 1.82) is 0 Å². The average Bonchev–Trinajstić information content (AvgIpc) is 2.50. The maximum Gasteiger partial charge on any atom is 0.0781 e. The van der Waals surface area contributed by atoms with Crippen LogP contribution in [0.4, 0.5) is 0 Å². The van der Waals surface area contributed by atoms with Gasteiger partial charge in [0, 0.05) is 6.04 Å². The van der Waals surface area contributed by atoms with Gasteiger partial charge in [0.2, 0.25) is 0 Å². The van der Waals surface area contributed by atoms with Crippen molar-refractivity contribution >= 4 is 34.8 Å². The second-order valence-electron chi connectivity index (χ2n) is 5.70. The number of hydrogen-bond donors (Lipinski definition) is 1. The van der Waals surface area contributed by atoms with E-state index < -0.39 is 0 Å². The number of nitrogens with one attached hydrogen (secondary N) is 1. The van der Waals surface area contributed by atoms with Gasteiger partial charge in [-0.2, -0.15) is 0 Å². The van der Waals surface area contributed by atoms with Crippen LogP contribution in [-0.2, 0) is 0 Å². The number of piperidine rings is 1. The monoisotopic (exact) mass is 348 g/mol. The average molecular weight is 350 g/mol. The van der Waals surface area contributed by atoms with Crippen LogP contribution >= 0.6 is 34.8 Å². The number of nitrogens with zero attached hydrogens (tertiary/aromatic N) is 1. The van der Waals surface area contributed by atoms with Crippen molar-refractivity contribution in [2.45, 2.75) is 38.6 Å². The summed E-state index contributed by atoms with van der Waals surface area (Å²) in [4.78, 5) is 2.56. The Morgan fingerprint density at radius 2 is 1.81 bits per heavy atom. The number of benzene rings is 1. The van der Waals surface area contributed by atoms with E-state index in [1.54, 1.807) is 6.07 Å². The molecule has 0 aromatic heterocycles. The summed E-state index contributed by atoms with van der Waals surface area (Å²) in [7, 11) is 0. The van der Waals surface area contributed by atoms with Crippen molar-refractivity contribution in [2.24, 2.45) is 0 Å². The smallest absolute Gasteiger partial charge is 0.0781 e. The van der Waals surface area contributed by atoms with Gasteiger partial charge in [-0.25, -0.2) is 0 Å². The van der Waals surface area contributed by atoms with Crippen LogP contribution in [0.5, 0.6) is 0 Å². The molecule has 1 N–H and O–H groups in total. The van der Waals surface area contributed by atoms with Crippen LogP contribution in [0.1, 0.15) is 44.2 Å². The first kappa shape index (κ1) is 17.4. The summed E-state index contributed by atoms with van der Waals surface area (Å²) in [6.45, 7) is 6.78. The SMILES string of the molecule is CC(NCCCN1CCCCC1)c1ccc(Cl)c(Cl)c1Cl. The van der Waals surface area contributed by atoms with Crippen LogP contribution in [0, 0.1) is 0 Å². The number of halogens is 3. The Hall–Kier alpha value is 0.01000. The molecule has 1 aromatic rings. The molecule has 1 aliphatic heterocycles. The summed E-state index contributed by atoms with van der Waals surface area (Å²) in [6.07, 6.45) is 5.25. The second kappa shape index (κ2) is 8.59. The lowest BCUT2D eigenvalue weighted by atomic mass is 10.1. The molecular formula is C16H23Cl3N2. The zero-order valence-corrected chi connectivity index (χ0v) is 14.7. The van der Waals surface area contributed by atoms with Crippen molar-refractivity contribution in [1.82, 2.24) is 10.2 Å². The summed E-state index contributed by atoms with van der Waals surface area (Å²) in [5, 5.41) is 5.01. The van der Waals surface area contributed by atoms with E-state index in [4.69, 9.17) is 34.8 Å². The summed E-state index contributed by atoms with van der Waals surface area (Å²) in [6, 6.07) is 3.92. The molecule has 0 radical (unpaired) electrons. The maximum absolute atomic E-state index is 6.26. The van der Waals surface area contributed by atoms with Gasteiger partial charge >= 0.3 is 0 Å². The van der Waals surface area contributed by atoms with Crippen molar-refractivity contribution < 1.29 is 0 Å². The molecule has 1 unspecified atom stereocenters. The molecule has 1 aliphatic rings. The molecule has 1 saturated heterocycles. The minimum Gasteiger partial charge on any atom is -0.310 e. The van der Waals surface area contributed by atoms with Crippen LogP contribution in [0.25, 0.3) is 0 Å². The lowest BCUT2D eigenvalue weighted by Crippen LogP contribution is -2.32. The zero-order valence-electron chi connectivity index (χ0n) is 12.5. The van der Waals surface area contributed by atoms with Crippen LogP contribution in [0.2, 0.25) is 15.1 Å².